The number of piperidine rings is 1. The van der Waals surface area contributed by atoms with Gasteiger partial charge in [-0.3, -0.25) is 4.99 Å². The van der Waals surface area contributed by atoms with Gasteiger partial charge in [0.2, 0.25) is 0 Å². The van der Waals surface area contributed by atoms with Crippen LogP contribution in [0, 0.1) is 0 Å². The fraction of sp³-hybridized carbons (Fsp3) is 0.700. The van der Waals surface area contributed by atoms with E-state index in [-0.39, 0.29) is 0 Å². The van der Waals surface area contributed by atoms with Crippen molar-refractivity contribution in [3.63, 3.8) is 0 Å². The first kappa shape index (κ1) is 11.4. The zero-order chi connectivity index (χ0) is 10.6. The Kier molecular flexibility index (Phi) is 4.26. The molecular formula is C10H18ClN3. The van der Waals surface area contributed by atoms with Gasteiger partial charge in [0.1, 0.15) is 10.9 Å². The summed E-state index contributed by atoms with van der Waals surface area (Å²) in [6.07, 6.45) is 3.73. The largest absolute Gasteiger partial charge is 0.401 e. The molecule has 4 heteroatoms. The fourth-order valence-corrected chi connectivity index (χ4v) is 1.86. The Morgan fingerprint density at radius 1 is 1.29 bits per heavy atom. The summed E-state index contributed by atoms with van der Waals surface area (Å²) in [6.45, 7) is 3.88. The standard InChI is InChI=1S/C10H18ClN3/c1-8(12)9(11)10(13-2)14-6-4-3-5-7-14/h3-7,12H2,1-2H3. The van der Waals surface area contributed by atoms with Gasteiger partial charge in [-0.2, -0.15) is 0 Å². The Morgan fingerprint density at radius 3 is 2.29 bits per heavy atom. The van der Waals surface area contributed by atoms with Crippen molar-refractivity contribution in [2.45, 2.75) is 26.2 Å². The van der Waals surface area contributed by atoms with E-state index in [4.69, 9.17) is 17.3 Å². The number of hydrogen-bond acceptors (Lipinski definition) is 2. The average Bonchev–Trinajstić information content (AvgIpc) is 2.20. The molecule has 0 radical (unpaired) electrons. The number of likely N-dealkylation sites (tertiary alicyclic amines) is 1. The summed E-state index contributed by atoms with van der Waals surface area (Å²) in [7, 11) is 1.76. The molecule has 14 heavy (non-hydrogen) atoms. The zero-order valence-electron chi connectivity index (χ0n) is 8.89. The molecule has 0 bridgehead atoms. The first-order valence-electron chi connectivity index (χ1n) is 5.00. The number of aliphatic imine (C=N–C) groups is 1. The maximum Gasteiger partial charge on any atom is 0.144 e. The summed E-state index contributed by atoms with van der Waals surface area (Å²) in [5, 5.41) is 0.592. The molecule has 1 saturated heterocycles. The minimum atomic E-state index is 0.592. The van der Waals surface area contributed by atoms with E-state index < -0.39 is 0 Å². The molecular weight excluding hydrogens is 198 g/mol. The quantitative estimate of drug-likeness (QED) is 0.537. The zero-order valence-corrected chi connectivity index (χ0v) is 9.64. The molecule has 1 aliphatic heterocycles. The highest BCUT2D eigenvalue weighted by atomic mass is 35.5. The lowest BCUT2D eigenvalue weighted by Gasteiger charge is -2.29. The Balaban J connectivity index is 2.76. The molecule has 0 amide bonds. The van der Waals surface area contributed by atoms with Crippen LogP contribution in [0.1, 0.15) is 26.2 Å². The van der Waals surface area contributed by atoms with Crippen LogP contribution in [0.4, 0.5) is 0 Å². The van der Waals surface area contributed by atoms with Gasteiger partial charge in [0.15, 0.2) is 0 Å². The third-order valence-corrected chi connectivity index (χ3v) is 2.88. The first-order chi connectivity index (χ1) is 6.66. The summed E-state index contributed by atoms with van der Waals surface area (Å²) in [4.78, 5) is 6.42. The van der Waals surface area contributed by atoms with E-state index in [1.54, 1.807) is 14.0 Å². The smallest absolute Gasteiger partial charge is 0.144 e. The third-order valence-electron chi connectivity index (χ3n) is 2.41. The molecule has 1 aliphatic rings. The van der Waals surface area contributed by atoms with E-state index in [1.165, 1.54) is 19.3 Å². The number of nitrogens with zero attached hydrogens (tertiary/aromatic N) is 2. The maximum absolute atomic E-state index is 6.10. The number of amidine groups is 1. The van der Waals surface area contributed by atoms with Crippen LogP contribution in [0.5, 0.6) is 0 Å². The van der Waals surface area contributed by atoms with E-state index in [9.17, 15) is 0 Å². The van der Waals surface area contributed by atoms with Crippen molar-refractivity contribution in [2.24, 2.45) is 10.7 Å². The predicted octanol–water partition coefficient (Wildman–Crippen LogP) is 1.93. The van der Waals surface area contributed by atoms with Crippen molar-refractivity contribution < 1.29 is 0 Å². The second-order valence-electron chi connectivity index (χ2n) is 3.59. The van der Waals surface area contributed by atoms with Gasteiger partial charge in [-0.15, -0.1) is 0 Å². The average molecular weight is 216 g/mol. The van der Waals surface area contributed by atoms with Crippen molar-refractivity contribution in [1.82, 2.24) is 4.90 Å². The molecule has 0 aromatic carbocycles. The van der Waals surface area contributed by atoms with Crippen molar-refractivity contribution in [3.8, 4) is 0 Å². The topological polar surface area (TPSA) is 41.6 Å². The Hall–Kier alpha value is -0.700. The van der Waals surface area contributed by atoms with Gasteiger partial charge in [-0.1, -0.05) is 11.6 Å². The lowest BCUT2D eigenvalue weighted by atomic mass is 10.1. The van der Waals surface area contributed by atoms with Gasteiger partial charge in [-0.05, 0) is 26.2 Å². The van der Waals surface area contributed by atoms with E-state index in [0.717, 1.165) is 18.9 Å². The van der Waals surface area contributed by atoms with Crippen LogP contribution in [0.3, 0.4) is 0 Å². The number of rotatable bonds is 1. The molecule has 1 rings (SSSR count). The molecule has 0 unspecified atom stereocenters. The minimum Gasteiger partial charge on any atom is -0.401 e. The molecule has 2 N–H and O–H groups in total. The van der Waals surface area contributed by atoms with Gasteiger partial charge in [0, 0.05) is 25.8 Å². The Labute approximate surface area is 90.6 Å². The first-order valence-corrected chi connectivity index (χ1v) is 5.38. The second-order valence-corrected chi connectivity index (χ2v) is 3.97. The molecule has 1 fully saturated rings. The van der Waals surface area contributed by atoms with E-state index in [0.29, 0.717) is 10.7 Å². The normalized spacial score (nSPS) is 20.8. The summed E-state index contributed by atoms with van der Waals surface area (Å²) in [5.74, 6) is 0.839. The Morgan fingerprint density at radius 2 is 1.86 bits per heavy atom. The van der Waals surface area contributed by atoms with Gasteiger partial charge in [0.25, 0.3) is 0 Å². The lowest BCUT2D eigenvalue weighted by Crippen LogP contribution is -2.36. The molecule has 0 aliphatic carbocycles. The molecule has 0 aromatic rings. The highest BCUT2D eigenvalue weighted by molar-refractivity contribution is 6.43. The monoisotopic (exact) mass is 215 g/mol. The summed E-state index contributed by atoms with van der Waals surface area (Å²) >= 11 is 6.10. The summed E-state index contributed by atoms with van der Waals surface area (Å²) < 4.78 is 0. The van der Waals surface area contributed by atoms with Crippen LogP contribution >= 0.6 is 11.6 Å². The Bertz CT molecular complexity index is 248. The predicted molar refractivity (Wildman–Crippen MR) is 61.5 cm³/mol. The van der Waals surface area contributed by atoms with Crippen LogP contribution in [-0.4, -0.2) is 30.9 Å². The van der Waals surface area contributed by atoms with Crippen LogP contribution in [0.2, 0.25) is 0 Å². The highest BCUT2D eigenvalue weighted by Crippen LogP contribution is 2.16. The van der Waals surface area contributed by atoms with Crippen LogP contribution in [0.15, 0.2) is 15.7 Å². The highest BCUT2D eigenvalue weighted by Gasteiger charge is 2.17. The number of allylic oxidation sites excluding steroid dienone is 1. The maximum atomic E-state index is 6.10. The summed E-state index contributed by atoms with van der Waals surface area (Å²) in [5.41, 5.74) is 6.30. The summed E-state index contributed by atoms with van der Waals surface area (Å²) in [6, 6.07) is 0. The van der Waals surface area contributed by atoms with Crippen molar-refractivity contribution in [1.29, 1.82) is 0 Å². The van der Waals surface area contributed by atoms with Crippen molar-refractivity contribution >= 4 is 17.4 Å². The lowest BCUT2D eigenvalue weighted by molar-refractivity contribution is 0.342. The molecule has 0 saturated carbocycles. The molecule has 3 nitrogen and oxygen atoms in total. The number of hydrogen-bond donors (Lipinski definition) is 1. The number of halogens is 1. The molecule has 0 atom stereocenters. The molecule has 0 aromatic heterocycles. The fourth-order valence-electron chi connectivity index (χ4n) is 1.66. The van der Waals surface area contributed by atoms with Crippen LogP contribution in [0.25, 0.3) is 0 Å². The number of nitrogens with two attached hydrogens (primary N) is 1. The van der Waals surface area contributed by atoms with Gasteiger partial charge >= 0.3 is 0 Å². The molecule has 1 heterocycles. The van der Waals surface area contributed by atoms with E-state index in [1.807, 2.05) is 0 Å². The van der Waals surface area contributed by atoms with Gasteiger partial charge in [-0.25, -0.2) is 0 Å². The van der Waals surface area contributed by atoms with Crippen molar-refractivity contribution in [2.75, 3.05) is 20.1 Å². The second kappa shape index (κ2) is 5.25. The minimum absolute atomic E-state index is 0.592. The van der Waals surface area contributed by atoms with Gasteiger partial charge < -0.3 is 10.6 Å². The van der Waals surface area contributed by atoms with Crippen LogP contribution in [-0.2, 0) is 0 Å². The van der Waals surface area contributed by atoms with E-state index in [2.05, 4.69) is 9.89 Å². The molecule has 0 spiro atoms. The molecule has 80 valence electrons. The third kappa shape index (κ3) is 2.64. The van der Waals surface area contributed by atoms with Crippen molar-refractivity contribution in [3.05, 3.63) is 10.7 Å². The van der Waals surface area contributed by atoms with Crippen LogP contribution < -0.4 is 5.73 Å². The SMILES string of the molecule is CN=C(C(Cl)=C(C)N)N1CCCCC1. The van der Waals surface area contributed by atoms with Gasteiger partial charge in [0.05, 0.1) is 0 Å². The van der Waals surface area contributed by atoms with E-state index >= 15 is 0 Å².